The van der Waals surface area contributed by atoms with E-state index in [1.54, 1.807) is 10.6 Å². The highest BCUT2D eigenvalue weighted by atomic mass is 127. The number of rotatable bonds is 5. The number of nitrogens with zero attached hydrogens (tertiary/aromatic N) is 1. The first kappa shape index (κ1) is 12.7. The van der Waals surface area contributed by atoms with Crippen LogP contribution in [0.1, 0.15) is 13.8 Å². The van der Waals surface area contributed by atoms with Crippen molar-refractivity contribution >= 4 is 22.6 Å². The predicted octanol–water partition coefficient (Wildman–Crippen LogP) is 2.13. The van der Waals surface area contributed by atoms with Gasteiger partial charge in [0.15, 0.2) is 0 Å². The third-order valence-corrected chi connectivity index (χ3v) is 2.51. The van der Waals surface area contributed by atoms with Crippen molar-refractivity contribution in [2.24, 2.45) is 5.92 Å². The molecule has 15 heavy (non-hydrogen) atoms. The fourth-order valence-corrected chi connectivity index (χ4v) is 1.67. The monoisotopic (exact) mass is 321 g/mol. The Bertz CT molecular complexity index is 360. The zero-order valence-corrected chi connectivity index (χ0v) is 11.2. The Morgan fingerprint density at radius 3 is 2.87 bits per heavy atom. The van der Waals surface area contributed by atoms with Gasteiger partial charge in [-0.2, -0.15) is 0 Å². The van der Waals surface area contributed by atoms with Crippen LogP contribution in [0.25, 0.3) is 0 Å². The molecule has 1 rings (SSSR count). The van der Waals surface area contributed by atoms with Gasteiger partial charge in [-0.25, -0.2) is 0 Å². The van der Waals surface area contributed by atoms with Crippen LogP contribution in [0.2, 0.25) is 0 Å². The lowest BCUT2D eigenvalue weighted by atomic mass is 10.2. The maximum atomic E-state index is 11.4. The Balaban J connectivity index is 2.43. The second-order valence-corrected chi connectivity index (χ2v) is 5.09. The normalized spacial score (nSPS) is 10.9. The van der Waals surface area contributed by atoms with Gasteiger partial charge in [0, 0.05) is 29.0 Å². The molecule has 0 N–H and O–H groups in total. The van der Waals surface area contributed by atoms with Crippen molar-refractivity contribution in [3.63, 3.8) is 0 Å². The van der Waals surface area contributed by atoms with Gasteiger partial charge >= 0.3 is 0 Å². The first-order valence-electron chi connectivity index (χ1n) is 5.03. The fraction of sp³-hybridized carbons (Fsp3) is 0.545. The molecule has 0 saturated heterocycles. The average molecular weight is 321 g/mol. The van der Waals surface area contributed by atoms with Gasteiger partial charge in [-0.15, -0.1) is 0 Å². The van der Waals surface area contributed by atoms with Gasteiger partial charge in [-0.05, 0) is 34.6 Å². The van der Waals surface area contributed by atoms with Crippen molar-refractivity contribution in [3.05, 3.63) is 32.3 Å². The molecule has 4 heteroatoms. The van der Waals surface area contributed by atoms with E-state index in [9.17, 15) is 4.79 Å². The molecular weight excluding hydrogens is 305 g/mol. The largest absolute Gasteiger partial charge is 0.379 e. The molecule has 0 fully saturated rings. The van der Waals surface area contributed by atoms with E-state index in [0.717, 1.165) is 10.2 Å². The Hall–Kier alpha value is -0.360. The minimum atomic E-state index is 0.0311. The SMILES string of the molecule is CC(C)COCCn1cc(I)ccc1=O. The van der Waals surface area contributed by atoms with Crippen LogP contribution >= 0.6 is 22.6 Å². The predicted molar refractivity (Wildman–Crippen MR) is 69.1 cm³/mol. The Morgan fingerprint density at radius 2 is 2.20 bits per heavy atom. The van der Waals surface area contributed by atoms with E-state index in [1.807, 2.05) is 12.3 Å². The van der Waals surface area contributed by atoms with Crippen LogP contribution in [0.15, 0.2) is 23.1 Å². The van der Waals surface area contributed by atoms with E-state index < -0.39 is 0 Å². The van der Waals surface area contributed by atoms with Crippen molar-refractivity contribution < 1.29 is 4.74 Å². The first-order valence-corrected chi connectivity index (χ1v) is 6.11. The number of hydrogen-bond acceptors (Lipinski definition) is 2. The molecule has 1 aromatic heterocycles. The number of aromatic nitrogens is 1. The molecule has 0 radical (unpaired) electrons. The van der Waals surface area contributed by atoms with Crippen LogP contribution in [0.4, 0.5) is 0 Å². The molecule has 0 bridgehead atoms. The van der Waals surface area contributed by atoms with Crippen LogP contribution < -0.4 is 5.56 Å². The summed E-state index contributed by atoms with van der Waals surface area (Å²) in [7, 11) is 0. The fourth-order valence-electron chi connectivity index (χ4n) is 1.16. The maximum Gasteiger partial charge on any atom is 0.250 e. The molecule has 0 saturated carbocycles. The lowest BCUT2D eigenvalue weighted by Crippen LogP contribution is -2.21. The third-order valence-electron chi connectivity index (χ3n) is 1.88. The van der Waals surface area contributed by atoms with E-state index in [0.29, 0.717) is 19.1 Å². The molecule has 0 spiro atoms. The van der Waals surface area contributed by atoms with Gasteiger partial charge in [0.2, 0.25) is 0 Å². The Morgan fingerprint density at radius 1 is 1.47 bits per heavy atom. The molecule has 0 aliphatic rings. The molecule has 0 unspecified atom stereocenters. The summed E-state index contributed by atoms with van der Waals surface area (Å²) in [6.45, 7) is 6.19. The van der Waals surface area contributed by atoms with Crippen LogP contribution in [-0.2, 0) is 11.3 Å². The second-order valence-electron chi connectivity index (χ2n) is 3.85. The number of hydrogen-bond donors (Lipinski definition) is 0. The standard InChI is InChI=1S/C11H16INO2/c1-9(2)8-15-6-5-13-7-10(12)3-4-11(13)14/h3-4,7,9H,5-6,8H2,1-2H3. The van der Waals surface area contributed by atoms with E-state index in [2.05, 4.69) is 36.4 Å². The average Bonchev–Trinajstić information content (AvgIpc) is 2.17. The van der Waals surface area contributed by atoms with Crippen molar-refractivity contribution in [1.29, 1.82) is 0 Å². The van der Waals surface area contributed by atoms with Gasteiger partial charge in [0.05, 0.1) is 6.61 Å². The van der Waals surface area contributed by atoms with Crippen LogP contribution in [-0.4, -0.2) is 17.8 Å². The minimum absolute atomic E-state index is 0.0311. The van der Waals surface area contributed by atoms with Gasteiger partial charge in [-0.3, -0.25) is 4.79 Å². The lowest BCUT2D eigenvalue weighted by Gasteiger charge is -2.08. The molecular formula is C11H16INO2. The molecule has 1 aromatic rings. The zero-order chi connectivity index (χ0) is 11.3. The van der Waals surface area contributed by atoms with E-state index in [-0.39, 0.29) is 5.56 Å². The van der Waals surface area contributed by atoms with Crippen LogP contribution in [0.5, 0.6) is 0 Å². The Labute approximate surface area is 104 Å². The quantitative estimate of drug-likeness (QED) is 0.614. The summed E-state index contributed by atoms with van der Waals surface area (Å²) in [5.74, 6) is 0.539. The molecule has 3 nitrogen and oxygen atoms in total. The second kappa shape index (κ2) is 6.27. The molecule has 0 amide bonds. The lowest BCUT2D eigenvalue weighted by molar-refractivity contribution is 0.102. The highest BCUT2D eigenvalue weighted by Gasteiger charge is 1.98. The number of halogens is 1. The van der Waals surface area contributed by atoms with Gasteiger partial charge in [-0.1, -0.05) is 13.8 Å². The van der Waals surface area contributed by atoms with Crippen molar-refractivity contribution in [3.8, 4) is 0 Å². The van der Waals surface area contributed by atoms with Gasteiger partial charge < -0.3 is 9.30 Å². The maximum absolute atomic E-state index is 11.4. The summed E-state index contributed by atoms with van der Waals surface area (Å²) in [5, 5.41) is 0. The Kier molecular flexibility index (Phi) is 5.31. The number of ether oxygens (including phenoxy) is 1. The smallest absolute Gasteiger partial charge is 0.250 e. The highest BCUT2D eigenvalue weighted by Crippen LogP contribution is 1.99. The van der Waals surface area contributed by atoms with Crippen molar-refractivity contribution in [2.45, 2.75) is 20.4 Å². The topological polar surface area (TPSA) is 31.2 Å². The van der Waals surface area contributed by atoms with E-state index in [1.165, 1.54) is 0 Å². The zero-order valence-electron chi connectivity index (χ0n) is 9.07. The third kappa shape index (κ3) is 4.79. The van der Waals surface area contributed by atoms with Crippen molar-refractivity contribution in [2.75, 3.05) is 13.2 Å². The summed E-state index contributed by atoms with van der Waals surface area (Å²) >= 11 is 2.19. The number of pyridine rings is 1. The van der Waals surface area contributed by atoms with Gasteiger partial charge in [0.1, 0.15) is 0 Å². The summed E-state index contributed by atoms with van der Waals surface area (Å²) in [5.41, 5.74) is 0.0311. The van der Waals surface area contributed by atoms with Crippen LogP contribution in [0.3, 0.4) is 0 Å². The first-order chi connectivity index (χ1) is 7.09. The molecule has 0 aromatic carbocycles. The summed E-state index contributed by atoms with van der Waals surface area (Å²) in [6, 6.07) is 3.40. The molecule has 1 heterocycles. The summed E-state index contributed by atoms with van der Waals surface area (Å²) in [4.78, 5) is 11.4. The van der Waals surface area contributed by atoms with Gasteiger partial charge in [0.25, 0.3) is 5.56 Å². The van der Waals surface area contributed by atoms with E-state index in [4.69, 9.17) is 4.74 Å². The molecule has 0 aliphatic carbocycles. The summed E-state index contributed by atoms with van der Waals surface area (Å²) in [6.07, 6.45) is 1.85. The molecule has 0 aliphatic heterocycles. The minimum Gasteiger partial charge on any atom is -0.379 e. The highest BCUT2D eigenvalue weighted by molar-refractivity contribution is 14.1. The van der Waals surface area contributed by atoms with Crippen molar-refractivity contribution in [1.82, 2.24) is 4.57 Å². The molecule has 84 valence electrons. The van der Waals surface area contributed by atoms with Crippen LogP contribution in [0, 0.1) is 9.49 Å². The summed E-state index contributed by atoms with van der Waals surface area (Å²) < 4.78 is 8.18. The van der Waals surface area contributed by atoms with E-state index >= 15 is 0 Å². The molecule has 0 atom stereocenters.